The quantitative estimate of drug-likeness (QED) is 0.503. The van der Waals surface area contributed by atoms with Crippen molar-refractivity contribution < 1.29 is 9.53 Å². The van der Waals surface area contributed by atoms with E-state index < -0.39 is 6.04 Å². The topological polar surface area (TPSA) is 61.1 Å². The molecule has 174 valence electrons. The average molecular weight is 447 g/mol. The average Bonchev–Trinajstić information content (AvgIpc) is 3.38. The summed E-state index contributed by atoms with van der Waals surface area (Å²) in [6, 6.07) is 10.1. The van der Waals surface area contributed by atoms with Gasteiger partial charge in [-0.2, -0.15) is 0 Å². The van der Waals surface area contributed by atoms with Gasteiger partial charge in [0.05, 0.1) is 7.11 Å². The Kier molecular flexibility index (Phi) is 7.02. The molecule has 1 amide bonds. The fourth-order valence-electron chi connectivity index (χ4n) is 5.07. The molecule has 2 aromatic heterocycles. The molecule has 33 heavy (non-hydrogen) atoms. The van der Waals surface area contributed by atoms with Crippen molar-refractivity contribution in [1.82, 2.24) is 19.4 Å². The van der Waals surface area contributed by atoms with Crippen LogP contribution in [-0.4, -0.2) is 27.1 Å². The van der Waals surface area contributed by atoms with Crippen molar-refractivity contribution in [3.8, 4) is 5.75 Å². The first-order chi connectivity index (χ1) is 16.0. The Labute approximate surface area is 196 Å². The molecule has 3 aromatic rings. The van der Waals surface area contributed by atoms with Crippen LogP contribution in [0.4, 0.5) is 0 Å². The van der Waals surface area contributed by atoms with Crippen LogP contribution in [0.1, 0.15) is 72.5 Å². The van der Waals surface area contributed by atoms with Crippen molar-refractivity contribution in [2.75, 3.05) is 7.11 Å². The summed E-state index contributed by atoms with van der Waals surface area (Å²) in [6.45, 7) is 4.32. The first-order valence-electron chi connectivity index (χ1n) is 11.8. The number of para-hydroxylation sites is 1. The zero-order valence-corrected chi connectivity index (χ0v) is 20.0. The van der Waals surface area contributed by atoms with E-state index in [-0.39, 0.29) is 5.91 Å². The highest BCUT2D eigenvalue weighted by molar-refractivity contribution is 5.92. The molecular formula is C27H34N4O2. The van der Waals surface area contributed by atoms with Crippen LogP contribution >= 0.6 is 0 Å². The van der Waals surface area contributed by atoms with Crippen molar-refractivity contribution in [3.05, 3.63) is 77.1 Å². The van der Waals surface area contributed by atoms with E-state index in [1.165, 1.54) is 43.5 Å². The van der Waals surface area contributed by atoms with Gasteiger partial charge in [-0.3, -0.25) is 4.79 Å². The van der Waals surface area contributed by atoms with Crippen LogP contribution < -0.4 is 10.1 Å². The van der Waals surface area contributed by atoms with E-state index in [0.717, 1.165) is 17.0 Å². The van der Waals surface area contributed by atoms with E-state index in [1.807, 2.05) is 48.2 Å². The lowest BCUT2D eigenvalue weighted by atomic mass is 9.95. The standard InChI is InChI=1S/C27H34N4O2/c1-19-18-21(20(2)31(19)22-10-6-5-7-11-22)14-15-25(32)29-26(27-28-16-17-30(27)3)23-12-8-9-13-24(23)33-4/h8-9,12-18,22,26H,5-7,10-11H2,1-4H3,(H,29,32)/b15-14+. The number of carbonyl (C=O) groups excluding carboxylic acids is 1. The highest BCUT2D eigenvalue weighted by Gasteiger charge is 2.23. The van der Waals surface area contributed by atoms with Gasteiger partial charge in [0, 0.05) is 48.5 Å². The fourth-order valence-corrected chi connectivity index (χ4v) is 5.07. The minimum absolute atomic E-state index is 0.170. The lowest BCUT2D eigenvalue weighted by Crippen LogP contribution is -2.30. The lowest BCUT2D eigenvalue weighted by Gasteiger charge is -2.26. The summed E-state index contributed by atoms with van der Waals surface area (Å²) < 4.78 is 9.93. The number of aryl methyl sites for hydroxylation is 2. The second-order valence-corrected chi connectivity index (χ2v) is 8.90. The molecule has 1 fully saturated rings. The summed E-state index contributed by atoms with van der Waals surface area (Å²) in [5, 5.41) is 3.13. The number of carbonyl (C=O) groups is 1. The molecule has 0 aliphatic heterocycles. The van der Waals surface area contributed by atoms with Crippen LogP contribution in [0.15, 0.2) is 48.8 Å². The molecule has 1 aromatic carbocycles. The van der Waals surface area contributed by atoms with Gasteiger partial charge in [0.1, 0.15) is 17.6 Å². The maximum atomic E-state index is 13.0. The summed E-state index contributed by atoms with van der Waals surface area (Å²) in [6.07, 6.45) is 13.6. The lowest BCUT2D eigenvalue weighted by molar-refractivity contribution is -0.117. The van der Waals surface area contributed by atoms with Gasteiger partial charge in [-0.05, 0) is 50.5 Å². The van der Waals surface area contributed by atoms with E-state index in [2.05, 4.69) is 34.8 Å². The predicted octanol–water partition coefficient (Wildman–Crippen LogP) is 5.27. The van der Waals surface area contributed by atoms with Crippen molar-refractivity contribution in [2.45, 2.75) is 58.0 Å². The van der Waals surface area contributed by atoms with Gasteiger partial charge >= 0.3 is 0 Å². The highest BCUT2D eigenvalue weighted by atomic mass is 16.5. The van der Waals surface area contributed by atoms with Crippen molar-refractivity contribution >= 4 is 12.0 Å². The second kappa shape index (κ2) is 10.1. The number of ether oxygens (including phenoxy) is 1. The number of nitrogens with one attached hydrogen (secondary N) is 1. The van der Waals surface area contributed by atoms with Crippen LogP contribution in [0.2, 0.25) is 0 Å². The molecule has 0 radical (unpaired) electrons. The summed E-state index contributed by atoms with van der Waals surface area (Å²) >= 11 is 0. The molecule has 1 atom stereocenters. The van der Waals surface area contributed by atoms with Gasteiger partial charge in [-0.25, -0.2) is 4.98 Å². The third kappa shape index (κ3) is 4.90. The van der Waals surface area contributed by atoms with Gasteiger partial charge in [0.2, 0.25) is 5.91 Å². The first-order valence-corrected chi connectivity index (χ1v) is 11.8. The molecule has 2 heterocycles. The Balaban J connectivity index is 1.57. The zero-order chi connectivity index (χ0) is 23.4. The Bertz CT molecular complexity index is 1130. The van der Waals surface area contributed by atoms with E-state index in [1.54, 1.807) is 19.4 Å². The van der Waals surface area contributed by atoms with E-state index in [0.29, 0.717) is 11.8 Å². The molecule has 1 saturated carbocycles. The van der Waals surface area contributed by atoms with Gasteiger partial charge in [-0.15, -0.1) is 0 Å². The molecule has 1 N–H and O–H groups in total. The van der Waals surface area contributed by atoms with Crippen LogP contribution in [0.3, 0.4) is 0 Å². The maximum absolute atomic E-state index is 13.0. The molecule has 0 spiro atoms. The molecular weight excluding hydrogens is 412 g/mol. The summed E-state index contributed by atoms with van der Waals surface area (Å²) in [5.41, 5.74) is 4.46. The number of nitrogens with zero attached hydrogens (tertiary/aromatic N) is 3. The monoisotopic (exact) mass is 446 g/mol. The normalized spacial score (nSPS) is 15.6. The van der Waals surface area contributed by atoms with Crippen molar-refractivity contribution in [2.24, 2.45) is 7.05 Å². The predicted molar refractivity (Wildman–Crippen MR) is 131 cm³/mol. The van der Waals surface area contributed by atoms with Crippen molar-refractivity contribution in [3.63, 3.8) is 0 Å². The Hall–Kier alpha value is -3.28. The molecule has 0 saturated heterocycles. The number of hydrogen-bond donors (Lipinski definition) is 1. The molecule has 6 heteroatoms. The number of benzene rings is 1. The van der Waals surface area contributed by atoms with Crippen LogP contribution in [0.5, 0.6) is 5.75 Å². The fraction of sp³-hybridized carbons (Fsp3) is 0.407. The zero-order valence-electron chi connectivity index (χ0n) is 20.0. The highest BCUT2D eigenvalue weighted by Crippen LogP contribution is 2.33. The molecule has 6 nitrogen and oxygen atoms in total. The van der Waals surface area contributed by atoms with Gasteiger partial charge < -0.3 is 19.2 Å². The Morgan fingerprint density at radius 3 is 2.67 bits per heavy atom. The number of hydrogen-bond acceptors (Lipinski definition) is 3. The van der Waals surface area contributed by atoms with E-state index in [9.17, 15) is 4.79 Å². The minimum Gasteiger partial charge on any atom is -0.496 e. The molecule has 1 aliphatic rings. The number of imidazole rings is 1. The second-order valence-electron chi connectivity index (χ2n) is 8.90. The number of aromatic nitrogens is 3. The summed E-state index contributed by atoms with van der Waals surface area (Å²) in [5.74, 6) is 1.29. The maximum Gasteiger partial charge on any atom is 0.244 e. The Morgan fingerprint density at radius 2 is 1.97 bits per heavy atom. The van der Waals surface area contributed by atoms with E-state index >= 15 is 0 Å². The molecule has 0 bridgehead atoms. The molecule has 1 unspecified atom stereocenters. The summed E-state index contributed by atoms with van der Waals surface area (Å²) in [7, 11) is 3.56. The SMILES string of the molecule is COc1ccccc1C(NC(=O)/C=C/c1cc(C)n(C2CCCCC2)c1C)c1nccn1C. The molecule has 4 rings (SSSR count). The van der Waals surface area contributed by atoms with Crippen LogP contribution in [0, 0.1) is 13.8 Å². The number of rotatable bonds is 7. The Morgan fingerprint density at radius 1 is 1.21 bits per heavy atom. The molecule has 1 aliphatic carbocycles. The van der Waals surface area contributed by atoms with Crippen molar-refractivity contribution in [1.29, 1.82) is 0 Å². The number of methoxy groups -OCH3 is 1. The van der Waals surface area contributed by atoms with Crippen LogP contribution in [-0.2, 0) is 11.8 Å². The number of amides is 1. The third-order valence-electron chi connectivity index (χ3n) is 6.73. The van der Waals surface area contributed by atoms with Crippen LogP contribution in [0.25, 0.3) is 6.08 Å². The largest absolute Gasteiger partial charge is 0.496 e. The smallest absolute Gasteiger partial charge is 0.244 e. The minimum atomic E-state index is -0.423. The first kappa shape index (κ1) is 22.9. The van der Waals surface area contributed by atoms with Gasteiger partial charge in [0.25, 0.3) is 0 Å². The van der Waals surface area contributed by atoms with Gasteiger partial charge in [0.15, 0.2) is 0 Å². The van der Waals surface area contributed by atoms with Gasteiger partial charge in [-0.1, -0.05) is 37.5 Å². The summed E-state index contributed by atoms with van der Waals surface area (Å²) in [4.78, 5) is 17.5. The van der Waals surface area contributed by atoms with E-state index in [4.69, 9.17) is 4.74 Å². The third-order valence-corrected chi connectivity index (χ3v) is 6.73.